The molecule has 5 heteroatoms. The minimum Gasteiger partial charge on any atom is -0.363 e. The predicted octanol–water partition coefficient (Wildman–Crippen LogP) is 6.56. The zero-order valence-electron chi connectivity index (χ0n) is 15.4. The maximum atomic E-state index is 8.87. The summed E-state index contributed by atoms with van der Waals surface area (Å²) < 4.78 is 0. The van der Waals surface area contributed by atoms with Crippen LogP contribution in [0.3, 0.4) is 0 Å². The lowest BCUT2D eigenvalue weighted by Crippen LogP contribution is -2.28. The molecule has 0 radical (unpaired) electrons. The number of rotatable bonds is 4. The van der Waals surface area contributed by atoms with Gasteiger partial charge in [0, 0.05) is 27.7 Å². The van der Waals surface area contributed by atoms with Crippen molar-refractivity contribution >= 4 is 33.8 Å². The summed E-state index contributed by atoms with van der Waals surface area (Å²) in [5.74, 6) is 0. The van der Waals surface area contributed by atoms with Gasteiger partial charge in [-0.15, -0.1) is 22.7 Å². The molecule has 2 aromatic heterocycles. The van der Waals surface area contributed by atoms with Crippen LogP contribution in [0.25, 0.3) is 26.3 Å². The third-order valence-electron chi connectivity index (χ3n) is 4.86. The van der Waals surface area contributed by atoms with Crippen LogP contribution in [0.1, 0.15) is 24.8 Å². The molecule has 0 amide bonds. The second kappa shape index (κ2) is 8.44. The Morgan fingerprint density at radius 3 is 2.14 bits per heavy atom. The molecule has 1 saturated heterocycles. The molecular weight excluding hydrogens is 382 g/mol. The largest absolute Gasteiger partial charge is 0.363 e. The normalized spacial score (nSPS) is 13.6. The molecule has 1 aliphatic rings. The van der Waals surface area contributed by atoms with E-state index in [1.165, 1.54) is 52.0 Å². The van der Waals surface area contributed by atoms with Crippen molar-refractivity contribution in [2.24, 2.45) is 0 Å². The third kappa shape index (κ3) is 4.02. The fourth-order valence-electron chi connectivity index (χ4n) is 3.37. The molecule has 28 heavy (non-hydrogen) atoms. The molecular formula is C23H19N3S2. The summed E-state index contributed by atoms with van der Waals surface area (Å²) >= 11 is 3.68. The van der Waals surface area contributed by atoms with Gasteiger partial charge in [0.25, 0.3) is 0 Å². The first kappa shape index (κ1) is 18.5. The molecule has 3 aromatic rings. The smallest absolute Gasteiger partial charge is 0.130 e. The van der Waals surface area contributed by atoms with Gasteiger partial charge in [-0.2, -0.15) is 10.5 Å². The molecule has 0 saturated carbocycles. The van der Waals surface area contributed by atoms with E-state index in [1.807, 2.05) is 47.7 Å². The Kier molecular flexibility index (Phi) is 5.58. The predicted molar refractivity (Wildman–Crippen MR) is 118 cm³/mol. The van der Waals surface area contributed by atoms with Crippen LogP contribution in [0.15, 0.2) is 54.1 Å². The Labute approximate surface area is 173 Å². The van der Waals surface area contributed by atoms with Crippen LogP contribution >= 0.6 is 22.7 Å². The van der Waals surface area contributed by atoms with E-state index in [4.69, 9.17) is 10.5 Å². The van der Waals surface area contributed by atoms with Crippen molar-refractivity contribution in [2.45, 2.75) is 19.3 Å². The number of benzene rings is 1. The fraction of sp³-hybridized carbons (Fsp3) is 0.217. The van der Waals surface area contributed by atoms with Gasteiger partial charge in [-0.05, 0) is 60.7 Å². The molecule has 1 aliphatic heterocycles. The Balaban J connectivity index is 1.52. The first-order valence-corrected chi connectivity index (χ1v) is 11.0. The van der Waals surface area contributed by atoms with Gasteiger partial charge in [0.1, 0.15) is 17.7 Å². The van der Waals surface area contributed by atoms with Crippen molar-refractivity contribution in [1.82, 2.24) is 0 Å². The number of anilines is 1. The van der Waals surface area contributed by atoms with E-state index in [0.29, 0.717) is 0 Å². The summed E-state index contributed by atoms with van der Waals surface area (Å²) in [6.07, 6.45) is 5.56. The van der Waals surface area contributed by atoms with Crippen molar-refractivity contribution in [3.05, 3.63) is 59.7 Å². The van der Waals surface area contributed by atoms with Crippen LogP contribution in [-0.2, 0) is 0 Å². The molecule has 0 N–H and O–H groups in total. The molecule has 3 nitrogen and oxygen atoms in total. The Bertz CT molecular complexity index is 1050. The fourth-order valence-corrected chi connectivity index (χ4v) is 5.53. The van der Waals surface area contributed by atoms with E-state index in [1.54, 1.807) is 17.4 Å². The average Bonchev–Trinajstić information content (AvgIpc) is 3.43. The molecule has 4 rings (SSSR count). The number of allylic oxidation sites excluding steroid dienone is 1. The highest BCUT2D eigenvalue weighted by molar-refractivity contribution is 7.25. The van der Waals surface area contributed by atoms with Crippen molar-refractivity contribution < 1.29 is 0 Å². The number of hydrogen-bond acceptors (Lipinski definition) is 5. The standard InChI is InChI=1S/C23H19N3S2/c24-15-18(16-25)14-17-4-6-19(7-5-17)20-8-9-21(27-20)22-10-11-23(28-22)26-12-2-1-3-13-26/h4-11,14H,1-3,12-13H2. The van der Waals surface area contributed by atoms with Crippen LogP contribution in [0.5, 0.6) is 0 Å². The lowest BCUT2D eigenvalue weighted by atomic mass is 10.1. The van der Waals surface area contributed by atoms with Crippen LogP contribution in [0.2, 0.25) is 0 Å². The number of piperidine rings is 1. The number of nitriles is 2. The maximum absolute atomic E-state index is 8.87. The topological polar surface area (TPSA) is 50.8 Å². The summed E-state index contributed by atoms with van der Waals surface area (Å²) in [6, 6.07) is 20.6. The minimum atomic E-state index is 0.119. The van der Waals surface area contributed by atoms with Gasteiger partial charge in [-0.3, -0.25) is 0 Å². The molecule has 0 spiro atoms. The maximum Gasteiger partial charge on any atom is 0.130 e. The van der Waals surface area contributed by atoms with Crippen LogP contribution in [0.4, 0.5) is 5.00 Å². The Hall–Kier alpha value is -2.86. The lowest BCUT2D eigenvalue weighted by molar-refractivity contribution is 0.580. The quantitative estimate of drug-likeness (QED) is 0.465. The van der Waals surface area contributed by atoms with Gasteiger partial charge in [0.05, 0.1) is 5.00 Å². The average molecular weight is 402 g/mol. The Morgan fingerprint density at radius 2 is 1.43 bits per heavy atom. The first-order chi connectivity index (χ1) is 13.8. The molecule has 1 aromatic carbocycles. The third-order valence-corrected chi connectivity index (χ3v) is 7.33. The van der Waals surface area contributed by atoms with Crippen molar-refractivity contribution in [3.63, 3.8) is 0 Å². The van der Waals surface area contributed by atoms with E-state index >= 15 is 0 Å². The van der Waals surface area contributed by atoms with E-state index in [2.05, 4.69) is 29.2 Å². The molecule has 0 aliphatic carbocycles. The summed E-state index contributed by atoms with van der Waals surface area (Å²) in [5.41, 5.74) is 2.13. The summed E-state index contributed by atoms with van der Waals surface area (Å²) in [4.78, 5) is 6.35. The lowest BCUT2D eigenvalue weighted by Gasteiger charge is -2.27. The highest BCUT2D eigenvalue weighted by Crippen LogP contribution is 2.40. The van der Waals surface area contributed by atoms with Crippen LogP contribution in [0, 0.1) is 22.7 Å². The molecule has 138 valence electrons. The second-order valence-electron chi connectivity index (χ2n) is 6.75. The Morgan fingerprint density at radius 1 is 0.786 bits per heavy atom. The molecule has 1 fully saturated rings. The minimum absolute atomic E-state index is 0.119. The summed E-state index contributed by atoms with van der Waals surface area (Å²) in [7, 11) is 0. The zero-order chi connectivity index (χ0) is 19.3. The second-order valence-corrected chi connectivity index (χ2v) is 8.90. The van der Waals surface area contributed by atoms with Crippen molar-refractivity contribution in [1.29, 1.82) is 10.5 Å². The van der Waals surface area contributed by atoms with Gasteiger partial charge in [-0.1, -0.05) is 24.3 Å². The zero-order valence-corrected chi connectivity index (χ0v) is 17.0. The van der Waals surface area contributed by atoms with Crippen molar-refractivity contribution in [2.75, 3.05) is 18.0 Å². The summed E-state index contributed by atoms with van der Waals surface area (Å²) in [6.45, 7) is 2.35. The van der Waals surface area contributed by atoms with E-state index < -0.39 is 0 Å². The highest BCUT2D eigenvalue weighted by atomic mass is 32.1. The number of hydrogen-bond donors (Lipinski definition) is 0. The highest BCUT2D eigenvalue weighted by Gasteiger charge is 2.14. The molecule has 0 bridgehead atoms. The first-order valence-electron chi connectivity index (χ1n) is 9.34. The van der Waals surface area contributed by atoms with E-state index in [-0.39, 0.29) is 5.57 Å². The molecule has 3 heterocycles. The van der Waals surface area contributed by atoms with Gasteiger partial charge in [0.2, 0.25) is 0 Å². The van der Waals surface area contributed by atoms with Gasteiger partial charge < -0.3 is 4.90 Å². The van der Waals surface area contributed by atoms with Crippen molar-refractivity contribution in [3.8, 4) is 32.3 Å². The SMILES string of the molecule is N#CC(C#N)=Cc1ccc(-c2ccc(-c3ccc(N4CCCCC4)s3)s2)cc1. The van der Waals surface area contributed by atoms with E-state index in [0.717, 1.165) is 11.1 Å². The molecule has 0 unspecified atom stereocenters. The van der Waals surface area contributed by atoms with Gasteiger partial charge >= 0.3 is 0 Å². The monoisotopic (exact) mass is 401 g/mol. The van der Waals surface area contributed by atoms with Crippen LogP contribution < -0.4 is 4.90 Å². The summed E-state index contributed by atoms with van der Waals surface area (Å²) in [5, 5.41) is 19.1. The van der Waals surface area contributed by atoms with Gasteiger partial charge in [0.15, 0.2) is 0 Å². The van der Waals surface area contributed by atoms with Crippen LogP contribution in [-0.4, -0.2) is 13.1 Å². The number of nitrogens with zero attached hydrogens (tertiary/aromatic N) is 3. The molecule has 0 atom stereocenters. The van der Waals surface area contributed by atoms with Gasteiger partial charge in [-0.25, -0.2) is 0 Å². The number of thiophene rings is 2. The van der Waals surface area contributed by atoms with E-state index in [9.17, 15) is 0 Å².